The average Bonchev–Trinajstić information content (AvgIpc) is 2.35. The van der Waals surface area contributed by atoms with Crippen LogP contribution in [0.1, 0.15) is 23.2 Å². The van der Waals surface area contributed by atoms with Crippen LogP contribution in [-0.2, 0) is 0 Å². The van der Waals surface area contributed by atoms with Crippen LogP contribution in [0.5, 0.6) is 0 Å². The van der Waals surface area contributed by atoms with E-state index in [9.17, 15) is 13.6 Å². The maximum absolute atomic E-state index is 13.3. The Hall–Kier alpha value is -1.69. The number of hydrogen-bond donors (Lipinski definition) is 2. The van der Waals surface area contributed by atoms with Gasteiger partial charge in [-0.05, 0) is 38.6 Å². The van der Waals surface area contributed by atoms with Gasteiger partial charge in [-0.1, -0.05) is 0 Å². The molecule has 1 fully saturated rings. The van der Waals surface area contributed by atoms with Crippen molar-refractivity contribution in [1.29, 1.82) is 0 Å². The lowest BCUT2D eigenvalue weighted by Crippen LogP contribution is -2.46. The Morgan fingerprint density at radius 1 is 1.42 bits per heavy atom. The summed E-state index contributed by atoms with van der Waals surface area (Å²) in [5.41, 5.74) is 4.56. The molecule has 0 bridgehead atoms. The molecule has 1 heterocycles. The number of rotatable bonds is 2. The zero-order valence-corrected chi connectivity index (χ0v) is 10.7. The lowest BCUT2D eigenvalue weighted by Gasteiger charge is -2.30. The van der Waals surface area contributed by atoms with Gasteiger partial charge in [-0.2, -0.15) is 0 Å². The van der Waals surface area contributed by atoms with Gasteiger partial charge < -0.3 is 16.0 Å². The largest absolute Gasteiger partial charge is 0.394 e. The monoisotopic (exact) mass is 269 g/mol. The van der Waals surface area contributed by atoms with Gasteiger partial charge in [-0.3, -0.25) is 4.79 Å². The lowest BCUT2D eigenvalue weighted by atomic mass is 10.1. The molecule has 1 aliphatic heterocycles. The SMILES string of the molecule is CN1CCCC(NC(=O)c2cc(F)c(N)c(F)c2)C1. The fraction of sp³-hybridized carbons (Fsp3) is 0.462. The molecule has 1 aromatic rings. The molecule has 104 valence electrons. The molecule has 6 heteroatoms. The van der Waals surface area contributed by atoms with Crippen molar-refractivity contribution >= 4 is 11.6 Å². The third-order valence-corrected chi connectivity index (χ3v) is 3.30. The van der Waals surface area contributed by atoms with Crippen molar-refractivity contribution in [1.82, 2.24) is 10.2 Å². The van der Waals surface area contributed by atoms with Gasteiger partial charge in [0.2, 0.25) is 0 Å². The lowest BCUT2D eigenvalue weighted by molar-refractivity contribution is 0.0911. The van der Waals surface area contributed by atoms with Crippen molar-refractivity contribution in [2.75, 3.05) is 25.9 Å². The summed E-state index contributed by atoms with van der Waals surface area (Å²) in [6.07, 6.45) is 1.86. The molecule has 0 aromatic heterocycles. The van der Waals surface area contributed by atoms with Gasteiger partial charge >= 0.3 is 0 Å². The molecule has 0 saturated carbocycles. The normalized spacial score (nSPS) is 20.3. The molecule has 1 amide bonds. The number of nitrogen functional groups attached to an aromatic ring is 1. The molecule has 1 atom stereocenters. The van der Waals surface area contributed by atoms with Crippen LogP contribution in [0.2, 0.25) is 0 Å². The summed E-state index contributed by atoms with van der Waals surface area (Å²) in [4.78, 5) is 14.0. The van der Waals surface area contributed by atoms with E-state index in [-0.39, 0.29) is 11.6 Å². The highest BCUT2D eigenvalue weighted by Crippen LogP contribution is 2.17. The van der Waals surface area contributed by atoms with Crippen LogP contribution >= 0.6 is 0 Å². The Morgan fingerprint density at radius 3 is 2.63 bits per heavy atom. The van der Waals surface area contributed by atoms with E-state index in [0.717, 1.165) is 38.1 Å². The van der Waals surface area contributed by atoms with E-state index in [4.69, 9.17) is 5.73 Å². The highest BCUT2D eigenvalue weighted by atomic mass is 19.1. The van der Waals surface area contributed by atoms with Gasteiger partial charge in [0.1, 0.15) is 17.3 Å². The second-order valence-corrected chi connectivity index (χ2v) is 4.93. The van der Waals surface area contributed by atoms with Crippen molar-refractivity contribution in [3.63, 3.8) is 0 Å². The van der Waals surface area contributed by atoms with E-state index >= 15 is 0 Å². The summed E-state index contributed by atoms with van der Waals surface area (Å²) < 4.78 is 26.6. The molecule has 1 aliphatic rings. The smallest absolute Gasteiger partial charge is 0.251 e. The first kappa shape index (κ1) is 13.7. The number of likely N-dealkylation sites (N-methyl/N-ethyl adjacent to an activating group) is 1. The van der Waals surface area contributed by atoms with E-state index in [1.807, 2.05) is 7.05 Å². The van der Waals surface area contributed by atoms with Crippen molar-refractivity contribution in [2.24, 2.45) is 0 Å². The highest BCUT2D eigenvalue weighted by molar-refractivity contribution is 5.94. The quantitative estimate of drug-likeness (QED) is 0.797. The molecule has 0 radical (unpaired) electrons. The average molecular weight is 269 g/mol. The summed E-state index contributed by atoms with van der Waals surface area (Å²) in [6, 6.07) is 1.93. The van der Waals surface area contributed by atoms with Crippen LogP contribution < -0.4 is 11.1 Å². The van der Waals surface area contributed by atoms with Gasteiger partial charge in [0, 0.05) is 18.2 Å². The first-order chi connectivity index (χ1) is 8.97. The Balaban J connectivity index is 2.07. The van der Waals surface area contributed by atoms with Gasteiger partial charge in [0.15, 0.2) is 0 Å². The molecule has 2 rings (SSSR count). The highest BCUT2D eigenvalue weighted by Gasteiger charge is 2.20. The molecule has 0 aliphatic carbocycles. The number of amides is 1. The number of carbonyl (C=O) groups is 1. The Labute approximate surface area is 110 Å². The molecular weight excluding hydrogens is 252 g/mol. The predicted octanol–water partition coefficient (Wildman–Crippen LogP) is 1.37. The standard InChI is InChI=1S/C13H17F2N3O/c1-18-4-2-3-9(7-18)17-13(19)8-5-10(14)12(16)11(15)6-8/h5-6,9H,2-4,7,16H2,1H3,(H,17,19). The summed E-state index contributed by atoms with van der Waals surface area (Å²) in [5, 5.41) is 2.78. The minimum atomic E-state index is -0.911. The summed E-state index contributed by atoms with van der Waals surface area (Å²) in [7, 11) is 1.97. The fourth-order valence-electron chi connectivity index (χ4n) is 2.27. The van der Waals surface area contributed by atoms with Crippen LogP contribution in [0, 0.1) is 11.6 Å². The second-order valence-electron chi connectivity index (χ2n) is 4.93. The molecule has 1 unspecified atom stereocenters. The van der Waals surface area contributed by atoms with E-state index in [1.165, 1.54) is 0 Å². The number of hydrogen-bond acceptors (Lipinski definition) is 3. The molecule has 1 saturated heterocycles. The Kier molecular flexibility index (Phi) is 3.99. The molecule has 0 spiro atoms. The number of likely N-dealkylation sites (tertiary alicyclic amines) is 1. The summed E-state index contributed by atoms with van der Waals surface area (Å²) in [5.74, 6) is -2.30. The van der Waals surface area contributed by atoms with Gasteiger partial charge in [-0.15, -0.1) is 0 Å². The topological polar surface area (TPSA) is 58.4 Å². The Bertz CT molecular complexity index is 470. The number of carbonyl (C=O) groups excluding carboxylic acids is 1. The van der Waals surface area contributed by atoms with Gasteiger partial charge in [0.25, 0.3) is 5.91 Å². The number of nitrogens with zero attached hydrogens (tertiary/aromatic N) is 1. The number of nitrogens with one attached hydrogen (secondary N) is 1. The van der Waals surface area contributed by atoms with Crippen molar-refractivity contribution in [3.8, 4) is 0 Å². The third-order valence-electron chi connectivity index (χ3n) is 3.30. The van der Waals surface area contributed by atoms with E-state index in [2.05, 4.69) is 10.2 Å². The molecule has 3 N–H and O–H groups in total. The third kappa shape index (κ3) is 3.20. The molecular formula is C13H17F2N3O. The van der Waals surface area contributed by atoms with Crippen molar-refractivity contribution in [3.05, 3.63) is 29.3 Å². The maximum atomic E-state index is 13.3. The number of piperidine rings is 1. The van der Waals surface area contributed by atoms with E-state index < -0.39 is 23.2 Å². The van der Waals surface area contributed by atoms with Crippen LogP contribution in [0.3, 0.4) is 0 Å². The molecule has 4 nitrogen and oxygen atoms in total. The zero-order chi connectivity index (χ0) is 14.0. The predicted molar refractivity (Wildman–Crippen MR) is 68.8 cm³/mol. The van der Waals surface area contributed by atoms with Gasteiger partial charge in [0.05, 0.1) is 0 Å². The van der Waals surface area contributed by atoms with Crippen molar-refractivity contribution < 1.29 is 13.6 Å². The van der Waals surface area contributed by atoms with Gasteiger partial charge in [-0.25, -0.2) is 8.78 Å². The maximum Gasteiger partial charge on any atom is 0.251 e. The zero-order valence-electron chi connectivity index (χ0n) is 10.7. The van der Waals surface area contributed by atoms with E-state index in [1.54, 1.807) is 0 Å². The molecule has 19 heavy (non-hydrogen) atoms. The Morgan fingerprint density at radius 2 is 2.05 bits per heavy atom. The molecule has 1 aromatic carbocycles. The number of nitrogens with two attached hydrogens (primary N) is 1. The number of halogens is 2. The minimum Gasteiger partial charge on any atom is -0.394 e. The van der Waals surface area contributed by atoms with Crippen LogP contribution in [-0.4, -0.2) is 37.0 Å². The first-order valence-electron chi connectivity index (χ1n) is 6.21. The summed E-state index contributed by atoms with van der Waals surface area (Å²) >= 11 is 0. The van der Waals surface area contributed by atoms with Crippen LogP contribution in [0.15, 0.2) is 12.1 Å². The summed E-state index contributed by atoms with van der Waals surface area (Å²) in [6.45, 7) is 1.74. The van der Waals surface area contributed by atoms with Crippen LogP contribution in [0.25, 0.3) is 0 Å². The second kappa shape index (κ2) is 5.52. The number of anilines is 1. The number of benzene rings is 1. The van der Waals surface area contributed by atoms with E-state index in [0.29, 0.717) is 0 Å². The van der Waals surface area contributed by atoms with Crippen LogP contribution in [0.4, 0.5) is 14.5 Å². The first-order valence-corrected chi connectivity index (χ1v) is 6.21. The minimum absolute atomic E-state index is 0.00919. The van der Waals surface area contributed by atoms with Crippen molar-refractivity contribution in [2.45, 2.75) is 18.9 Å². The fourth-order valence-corrected chi connectivity index (χ4v) is 2.27.